The Bertz CT molecular complexity index is 988. The molecule has 4 rings (SSSR count). The van der Waals surface area contributed by atoms with E-state index >= 15 is 0 Å². The van der Waals surface area contributed by atoms with Crippen molar-refractivity contribution in [3.63, 3.8) is 0 Å². The summed E-state index contributed by atoms with van der Waals surface area (Å²) in [5.74, 6) is -0.377. The zero-order valence-electron chi connectivity index (χ0n) is 13.3. The molecule has 0 aliphatic heterocycles. The smallest absolute Gasteiger partial charge is 0.261 e. The molecule has 0 spiro atoms. The molecular formula is C20H18N2O2. The maximum Gasteiger partial charge on any atom is 0.261 e. The Balaban J connectivity index is 1.65. The summed E-state index contributed by atoms with van der Waals surface area (Å²) in [5.41, 5.74) is 4.02. The summed E-state index contributed by atoms with van der Waals surface area (Å²) in [6, 6.07) is 13.2. The molecule has 24 heavy (non-hydrogen) atoms. The molecule has 1 aromatic heterocycles. The molecule has 0 saturated heterocycles. The summed E-state index contributed by atoms with van der Waals surface area (Å²) in [4.78, 5) is 28.0. The van der Waals surface area contributed by atoms with Crippen LogP contribution in [0, 0.1) is 0 Å². The highest BCUT2D eigenvalue weighted by Crippen LogP contribution is 2.24. The van der Waals surface area contributed by atoms with Crippen LogP contribution in [0.2, 0.25) is 0 Å². The van der Waals surface area contributed by atoms with E-state index < -0.39 is 0 Å². The SMILES string of the molecule is O=C(Nc1ccc2c(c1)CCCC2)c1c[nH]c2ccccc2c1=O. The lowest BCUT2D eigenvalue weighted by atomic mass is 9.91. The number of pyridine rings is 1. The fraction of sp³-hybridized carbons (Fsp3) is 0.200. The minimum absolute atomic E-state index is 0.131. The van der Waals surface area contributed by atoms with Gasteiger partial charge in [-0.25, -0.2) is 0 Å². The molecular weight excluding hydrogens is 300 g/mol. The van der Waals surface area contributed by atoms with Crippen LogP contribution in [0.15, 0.2) is 53.5 Å². The summed E-state index contributed by atoms with van der Waals surface area (Å²) < 4.78 is 0. The van der Waals surface area contributed by atoms with E-state index in [-0.39, 0.29) is 16.9 Å². The van der Waals surface area contributed by atoms with Crippen LogP contribution in [-0.2, 0) is 12.8 Å². The molecule has 2 aromatic carbocycles. The number of carbonyl (C=O) groups excluding carboxylic acids is 1. The lowest BCUT2D eigenvalue weighted by molar-refractivity contribution is 0.102. The first kappa shape index (κ1) is 14.7. The van der Waals surface area contributed by atoms with Crippen molar-refractivity contribution < 1.29 is 4.79 Å². The third-order valence-corrected chi connectivity index (χ3v) is 4.64. The lowest BCUT2D eigenvalue weighted by Crippen LogP contribution is -2.22. The van der Waals surface area contributed by atoms with E-state index in [4.69, 9.17) is 0 Å². The van der Waals surface area contributed by atoms with Crippen LogP contribution in [0.5, 0.6) is 0 Å². The van der Waals surface area contributed by atoms with Crippen molar-refractivity contribution in [3.05, 3.63) is 75.6 Å². The standard InChI is InChI=1S/C20H18N2O2/c23-19-16-7-3-4-8-18(16)21-12-17(19)20(24)22-15-10-9-13-5-1-2-6-14(13)11-15/h3-4,7-12H,1-2,5-6H2,(H,21,23)(H,22,24). The van der Waals surface area contributed by atoms with Crippen molar-refractivity contribution in [2.75, 3.05) is 5.32 Å². The molecule has 1 heterocycles. The van der Waals surface area contributed by atoms with E-state index in [1.54, 1.807) is 12.1 Å². The maximum absolute atomic E-state index is 12.5. The van der Waals surface area contributed by atoms with Gasteiger partial charge < -0.3 is 10.3 Å². The first-order chi connectivity index (χ1) is 11.7. The van der Waals surface area contributed by atoms with Crippen molar-refractivity contribution >= 4 is 22.5 Å². The van der Waals surface area contributed by atoms with Gasteiger partial charge in [-0.3, -0.25) is 9.59 Å². The fourth-order valence-electron chi connectivity index (χ4n) is 3.35. The number of aromatic amines is 1. The van der Waals surface area contributed by atoms with Gasteiger partial charge in [-0.1, -0.05) is 18.2 Å². The highest BCUT2D eigenvalue weighted by molar-refractivity contribution is 6.05. The van der Waals surface area contributed by atoms with Gasteiger partial charge in [-0.05, 0) is 61.1 Å². The van der Waals surface area contributed by atoms with Gasteiger partial charge in [0.15, 0.2) is 0 Å². The largest absolute Gasteiger partial charge is 0.360 e. The van der Waals surface area contributed by atoms with Crippen LogP contribution >= 0.6 is 0 Å². The number of hydrogen-bond acceptors (Lipinski definition) is 2. The predicted molar refractivity (Wildman–Crippen MR) is 95.6 cm³/mol. The lowest BCUT2D eigenvalue weighted by Gasteiger charge is -2.16. The Morgan fingerprint density at radius 2 is 1.79 bits per heavy atom. The molecule has 4 nitrogen and oxygen atoms in total. The molecule has 0 bridgehead atoms. The summed E-state index contributed by atoms with van der Waals surface area (Å²) in [6.07, 6.45) is 6.06. The van der Waals surface area contributed by atoms with Gasteiger partial charge in [-0.2, -0.15) is 0 Å². The van der Waals surface area contributed by atoms with Gasteiger partial charge in [0.1, 0.15) is 5.56 Å². The molecule has 0 fully saturated rings. The Hall–Kier alpha value is -2.88. The van der Waals surface area contributed by atoms with Gasteiger partial charge in [0, 0.05) is 22.8 Å². The number of amides is 1. The molecule has 0 unspecified atom stereocenters. The molecule has 1 amide bonds. The molecule has 0 saturated carbocycles. The maximum atomic E-state index is 12.5. The highest BCUT2D eigenvalue weighted by atomic mass is 16.2. The van der Waals surface area contributed by atoms with Crippen molar-refractivity contribution in [2.24, 2.45) is 0 Å². The van der Waals surface area contributed by atoms with E-state index in [0.29, 0.717) is 5.39 Å². The van der Waals surface area contributed by atoms with Crippen molar-refractivity contribution in [2.45, 2.75) is 25.7 Å². The number of anilines is 1. The summed E-state index contributed by atoms with van der Waals surface area (Å²) >= 11 is 0. The summed E-state index contributed by atoms with van der Waals surface area (Å²) in [6.45, 7) is 0. The zero-order chi connectivity index (χ0) is 16.5. The zero-order valence-corrected chi connectivity index (χ0v) is 13.3. The third-order valence-electron chi connectivity index (χ3n) is 4.64. The first-order valence-electron chi connectivity index (χ1n) is 8.26. The number of H-pyrrole nitrogens is 1. The highest BCUT2D eigenvalue weighted by Gasteiger charge is 2.15. The van der Waals surface area contributed by atoms with E-state index in [1.165, 1.54) is 30.2 Å². The molecule has 0 radical (unpaired) electrons. The van der Waals surface area contributed by atoms with Crippen LogP contribution < -0.4 is 10.7 Å². The predicted octanol–water partition coefficient (Wildman–Crippen LogP) is 3.66. The average Bonchev–Trinajstić information content (AvgIpc) is 2.62. The van der Waals surface area contributed by atoms with Gasteiger partial charge in [0.25, 0.3) is 5.91 Å². The first-order valence-corrected chi connectivity index (χ1v) is 8.26. The van der Waals surface area contributed by atoms with Crippen LogP contribution in [0.25, 0.3) is 10.9 Å². The van der Waals surface area contributed by atoms with Crippen molar-refractivity contribution in [1.82, 2.24) is 4.98 Å². The molecule has 2 N–H and O–H groups in total. The molecule has 120 valence electrons. The normalized spacial score (nSPS) is 13.5. The minimum Gasteiger partial charge on any atom is -0.360 e. The van der Waals surface area contributed by atoms with Crippen molar-refractivity contribution in [1.29, 1.82) is 0 Å². The monoisotopic (exact) mass is 318 g/mol. The Morgan fingerprint density at radius 1 is 1.00 bits per heavy atom. The number of rotatable bonds is 2. The minimum atomic E-state index is -0.377. The van der Waals surface area contributed by atoms with Gasteiger partial charge >= 0.3 is 0 Å². The number of aromatic nitrogens is 1. The second kappa shape index (κ2) is 5.96. The number of benzene rings is 2. The Kier molecular flexibility index (Phi) is 3.65. The topological polar surface area (TPSA) is 62.0 Å². The van der Waals surface area contributed by atoms with Gasteiger partial charge in [0.05, 0.1) is 0 Å². The van der Waals surface area contributed by atoms with Crippen LogP contribution in [-0.4, -0.2) is 10.9 Å². The van der Waals surface area contributed by atoms with E-state index in [1.807, 2.05) is 24.3 Å². The third kappa shape index (κ3) is 2.60. The van der Waals surface area contributed by atoms with Gasteiger partial charge in [0.2, 0.25) is 5.43 Å². The average molecular weight is 318 g/mol. The Morgan fingerprint density at radius 3 is 2.67 bits per heavy atom. The van der Waals surface area contributed by atoms with E-state index in [9.17, 15) is 9.59 Å². The molecule has 3 aromatic rings. The quantitative estimate of drug-likeness (QED) is 0.757. The fourth-order valence-corrected chi connectivity index (χ4v) is 3.35. The summed E-state index contributed by atoms with van der Waals surface area (Å²) in [5, 5.41) is 3.38. The molecule has 1 aliphatic rings. The van der Waals surface area contributed by atoms with Crippen LogP contribution in [0.4, 0.5) is 5.69 Å². The second-order valence-corrected chi connectivity index (χ2v) is 6.22. The number of carbonyl (C=O) groups is 1. The second-order valence-electron chi connectivity index (χ2n) is 6.22. The number of para-hydroxylation sites is 1. The summed E-state index contributed by atoms with van der Waals surface area (Å²) in [7, 11) is 0. The van der Waals surface area contributed by atoms with Crippen molar-refractivity contribution in [3.8, 4) is 0 Å². The number of nitrogens with one attached hydrogen (secondary N) is 2. The molecule has 0 atom stereocenters. The molecule has 4 heteroatoms. The number of aryl methyl sites for hydroxylation is 2. The van der Waals surface area contributed by atoms with Gasteiger partial charge in [-0.15, -0.1) is 0 Å². The number of fused-ring (bicyclic) bond motifs is 2. The van der Waals surface area contributed by atoms with E-state index in [2.05, 4.69) is 16.4 Å². The van der Waals surface area contributed by atoms with Crippen LogP contribution in [0.1, 0.15) is 34.3 Å². The van der Waals surface area contributed by atoms with E-state index in [0.717, 1.165) is 24.0 Å². The van der Waals surface area contributed by atoms with Crippen LogP contribution in [0.3, 0.4) is 0 Å². The Labute approximate surface area is 139 Å². The number of hydrogen-bond donors (Lipinski definition) is 2. The molecule has 1 aliphatic carbocycles.